The maximum atomic E-state index is 6.05. The Labute approximate surface area is 165 Å². The van der Waals surface area contributed by atoms with Crippen molar-refractivity contribution >= 4 is 17.0 Å². The average molecular weight is 414 g/mol. The number of hydroxylamine groups is 2. The van der Waals surface area contributed by atoms with Crippen molar-refractivity contribution in [2.45, 2.75) is 19.4 Å². The molecule has 3 rings (SSSR count). The Morgan fingerprint density at radius 3 is 1.73 bits per heavy atom. The Bertz CT molecular complexity index is 623. The number of rotatable bonds is 9. The molecule has 0 amide bonds. The van der Waals surface area contributed by atoms with Crippen molar-refractivity contribution in [1.82, 2.24) is 15.0 Å². The first-order valence-electron chi connectivity index (χ1n) is 8.62. The Balaban J connectivity index is 0.00000243. The molecule has 0 aliphatic rings. The molecule has 0 atom stereocenters. The first-order chi connectivity index (χ1) is 12.4. The number of nitrogens with zero attached hydrogens (tertiary/aromatic N) is 3. The molecule has 2 heterocycles. The van der Waals surface area contributed by atoms with Crippen LogP contribution in [0.2, 0.25) is 0 Å². The lowest BCUT2D eigenvalue weighted by Gasteiger charge is -2.21. The smallest absolute Gasteiger partial charge is 0.0935 e. The maximum Gasteiger partial charge on any atom is 0.0935 e. The summed E-state index contributed by atoms with van der Waals surface area (Å²) in [6, 6.07) is 22.3. The van der Waals surface area contributed by atoms with E-state index < -0.39 is 0 Å². The Morgan fingerprint density at radius 2 is 1.23 bits per heavy atom. The van der Waals surface area contributed by atoms with Gasteiger partial charge in [0.2, 0.25) is 0 Å². The largest absolute Gasteiger partial charge is 0.294 e. The van der Waals surface area contributed by atoms with Crippen LogP contribution in [-0.4, -0.2) is 28.1 Å². The standard InChI is InChI=1S/C21H23N3O.BrH/c1-2-8-19(9-3-1)18-25-24(16-12-20-10-4-6-14-22-20)17-13-21-11-5-7-15-23-21;/h1-11,14-15H,12-13,16-18H2;1H. The molecule has 4 nitrogen and oxygen atoms in total. The molecule has 0 spiro atoms. The molecule has 0 aliphatic heterocycles. The molecule has 0 unspecified atom stereocenters. The zero-order valence-electron chi connectivity index (χ0n) is 14.7. The van der Waals surface area contributed by atoms with Gasteiger partial charge in [-0.15, -0.1) is 17.0 Å². The van der Waals surface area contributed by atoms with Crippen LogP contribution in [0.25, 0.3) is 0 Å². The zero-order chi connectivity index (χ0) is 17.2. The molecule has 0 radical (unpaired) electrons. The second kappa shape index (κ2) is 11.5. The molecule has 0 saturated heterocycles. The third kappa shape index (κ3) is 7.04. The van der Waals surface area contributed by atoms with Gasteiger partial charge in [0.1, 0.15) is 0 Å². The highest BCUT2D eigenvalue weighted by Crippen LogP contribution is 2.06. The Hall–Kier alpha value is -2.08. The SMILES string of the molecule is Br.c1ccc(CON(CCc2ccccn2)CCc2ccccn2)cc1. The second-order valence-corrected chi connectivity index (χ2v) is 5.83. The summed E-state index contributed by atoms with van der Waals surface area (Å²) in [6.07, 6.45) is 5.38. The van der Waals surface area contributed by atoms with Crippen LogP contribution >= 0.6 is 17.0 Å². The van der Waals surface area contributed by atoms with Crippen molar-refractivity contribution in [3.8, 4) is 0 Å². The van der Waals surface area contributed by atoms with Crippen LogP contribution in [0.3, 0.4) is 0 Å². The van der Waals surface area contributed by atoms with Crippen molar-refractivity contribution in [3.05, 3.63) is 96.1 Å². The van der Waals surface area contributed by atoms with Crippen molar-refractivity contribution in [2.75, 3.05) is 13.1 Å². The summed E-state index contributed by atoms with van der Waals surface area (Å²) in [5.74, 6) is 0. The summed E-state index contributed by atoms with van der Waals surface area (Å²) in [5, 5.41) is 2.02. The molecule has 1 aromatic carbocycles. The molecule has 0 fully saturated rings. The highest BCUT2D eigenvalue weighted by Gasteiger charge is 2.08. The van der Waals surface area contributed by atoms with Gasteiger partial charge in [0.25, 0.3) is 0 Å². The third-order valence-electron chi connectivity index (χ3n) is 3.94. The van der Waals surface area contributed by atoms with E-state index in [9.17, 15) is 0 Å². The van der Waals surface area contributed by atoms with Gasteiger partial charge in [-0.25, -0.2) is 0 Å². The van der Waals surface area contributed by atoms with Gasteiger partial charge in [0.15, 0.2) is 0 Å². The summed E-state index contributed by atoms with van der Waals surface area (Å²) >= 11 is 0. The zero-order valence-corrected chi connectivity index (χ0v) is 16.4. The van der Waals surface area contributed by atoms with Crippen LogP contribution in [0.4, 0.5) is 0 Å². The minimum Gasteiger partial charge on any atom is -0.294 e. The predicted octanol–water partition coefficient (Wildman–Crippen LogP) is 4.27. The van der Waals surface area contributed by atoms with Crippen LogP contribution in [0, 0.1) is 0 Å². The van der Waals surface area contributed by atoms with Gasteiger partial charge in [-0.05, 0) is 29.8 Å². The lowest BCUT2D eigenvalue weighted by Crippen LogP contribution is -2.29. The molecule has 3 aromatic rings. The fourth-order valence-corrected chi connectivity index (χ4v) is 2.55. The number of halogens is 1. The molecular formula is C21H24BrN3O. The third-order valence-corrected chi connectivity index (χ3v) is 3.94. The summed E-state index contributed by atoms with van der Waals surface area (Å²) in [4.78, 5) is 14.8. The van der Waals surface area contributed by atoms with E-state index in [1.54, 1.807) is 0 Å². The minimum absolute atomic E-state index is 0. The predicted molar refractivity (Wildman–Crippen MR) is 109 cm³/mol. The molecular weight excluding hydrogens is 390 g/mol. The van der Waals surface area contributed by atoms with Gasteiger partial charge < -0.3 is 0 Å². The summed E-state index contributed by atoms with van der Waals surface area (Å²) < 4.78 is 0. The van der Waals surface area contributed by atoms with E-state index in [-0.39, 0.29) is 17.0 Å². The van der Waals surface area contributed by atoms with Crippen molar-refractivity contribution < 1.29 is 4.84 Å². The number of benzene rings is 1. The normalized spacial score (nSPS) is 10.5. The van der Waals surface area contributed by atoms with E-state index in [1.165, 1.54) is 5.56 Å². The first-order valence-corrected chi connectivity index (χ1v) is 8.62. The van der Waals surface area contributed by atoms with E-state index in [0.717, 1.165) is 37.3 Å². The molecule has 0 bridgehead atoms. The molecule has 136 valence electrons. The van der Waals surface area contributed by atoms with E-state index >= 15 is 0 Å². The van der Waals surface area contributed by atoms with Crippen molar-refractivity contribution in [3.63, 3.8) is 0 Å². The monoisotopic (exact) mass is 413 g/mol. The van der Waals surface area contributed by atoms with Crippen molar-refractivity contribution in [1.29, 1.82) is 0 Å². The molecule has 2 aromatic heterocycles. The topological polar surface area (TPSA) is 38.2 Å². The highest BCUT2D eigenvalue weighted by molar-refractivity contribution is 8.93. The van der Waals surface area contributed by atoms with E-state index in [2.05, 4.69) is 22.1 Å². The van der Waals surface area contributed by atoms with Crippen LogP contribution in [0.1, 0.15) is 17.0 Å². The van der Waals surface area contributed by atoms with Crippen LogP contribution in [0.5, 0.6) is 0 Å². The fraction of sp³-hybridized carbons (Fsp3) is 0.238. The molecule has 0 aliphatic carbocycles. The van der Waals surface area contributed by atoms with Crippen LogP contribution < -0.4 is 0 Å². The van der Waals surface area contributed by atoms with Gasteiger partial charge in [-0.3, -0.25) is 14.8 Å². The van der Waals surface area contributed by atoms with E-state index in [4.69, 9.17) is 4.84 Å². The van der Waals surface area contributed by atoms with Gasteiger partial charge in [0, 0.05) is 49.7 Å². The Kier molecular flexibility index (Phi) is 8.96. The second-order valence-electron chi connectivity index (χ2n) is 5.83. The Morgan fingerprint density at radius 1 is 0.692 bits per heavy atom. The maximum absolute atomic E-state index is 6.05. The minimum atomic E-state index is 0. The quantitative estimate of drug-likeness (QED) is 0.490. The summed E-state index contributed by atoms with van der Waals surface area (Å²) in [6.45, 7) is 2.18. The van der Waals surface area contributed by atoms with Gasteiger partial charge in [-0.1, -0.05) is 42.5 Å². The lowest BCUT2D eigenvalue weighted by atomic mass is 10.2. The molecule has 0 saturated carbocycles. The molecule has 0 N–H and O–H groups in total. The number of aromatic nitrogens is 2. The summed E-state index contributed by atoms with van der Waals surface area (Å²) in [5.41, 5.74) is 3.32. The van der Waals surface area contributed by atoms with E-state index in [1.807, 2.05) is 72.1 Å². The van der Waals surface area contributed by atoms with E-state index in [0.29, 0.717) is 6.61 Å². The number of hydrogen-bond donors (Lipinski definition) is 0. The number of pyridine rings is 2. The fourth-order valence-electron chi connectivity index (χ4n) is 2.55. The van der Waals surface area contributed by atoms with Gasteiger partial charge >= 0.3 is 0 Å². The summed E-state index contributed by atoms with van der Waals surface area (Å²) in [7, 11) is 0. The first kappa shape index (κ1) is 20.2. The average Bonchev–Trinajstić information content (AvgIpc) is 2.70. The van der Waals surface area contributed by atoms with Gasteiger partial charge in [-0.2, -0.15) is 5.06 Å². The highest BCUT2D eigenvalue weighted by atomic mass is 79.9. The van der Waals surface area contributed by atoms with Crippen LogP contribution in [0.15, 0.2) is 79.1 Å². The van der Waals surface area contributed by atoms with Crippen molar-refractivity contribution in [2.24, 2.45) is 0 Å². The molecule has 26 heavy (non-hydrogen) atoms. The lowest BCUT2D eigenvalue weighted by molar-refractivity contribution is -0.168. The molecule has 5 heteroatoms. The van der Waals surface area contributed by atoms with Crippen LogP contribution in [-0.2, 0) is 24.3 Å². The van der Waals surface area contributed by atoms with Gasteiger partial charge in [0.05, 0.1) is 6.61 Å². The number of hydrogen-bond acceptors (Lipinski definition) is 4.